The normalized spacial score (nSPS) is 12.1. The summed E-state index contributed by atoms with van der Waals surface area (Å²) in [4.78, 5) is 11.6. The molecule has 2 aromatic rings. The van der Waals surface area contributed by atoms with Gasteiger partial charge >= 0.3 is 5.97 Å². The van der Waals surface area contributed by atoms with Crippen molar-refractivity contribution in [3.05, 3.63) is 62.5 Å². The van der Waals surface area contributed by atoms with Crippen molar-refractivity contribution in [1.29, 1.82) is 0 Å². The predicted octanol–water partition coefficient (Wildman–Crippen LogP) is 4.22. The summed E-state index contributed by atoms with van der Waals surface area (Å²) in [5.74, 6) is -0.651. The molecular formula is C14H10Br2O3S. The maximum atomic E-state index is 12.3. The van der Waals surface area contributed by atoms with Crippen molar-refractivity contribution in [3.8, 4) is 0 Å². The Kier molecular flexibility index (Phi) is 5.12. The predicted molar refractivity (Wildman–Crippen MR) is 85.4 cm³/mol. The monoisotopic (exact) mass is 416 g/mol. The average Bonchev–Trinajstić information content (AvgIpc) is 2.40. The van der Waals surface area contributed by atoms with Crippen LogP contribution in [0.25, 0.3) is 0 Å². The fourth-order valence-electron chi connectivity index (χ4n) is 1.63. The van der Waals surface area contributed by atoms with E-state index in [0.29, 0.717) is 10.2 Å². The van der Waals surface area contributed by atoms with Crippen LogP contribution in [0.15, 0.2) is 56.3 Å². The van der Waals surface area contributed by atoms with Crippen LogP contribution < -0.4 is 0 Å². The van der Waals surface area contributed by atoms with Crippen LogP contribution in [0.2, 0.25) is 0 Å². The zero-order valence-electron chi connectivity index (χ0n) is 10.2. The Morgan fingerprint density at radius 2 is 1.90 bits per heavy atom. The molecule has 1 N–H and O–H groups in total. The van der Waals surface area contributed by atoms with Gasteiger partial charge in [0.25, 0.3) is 0 Å². The molecule has 6 heteroatoms. The van der Waals surface area contributed by atoms with Gasteiger partial charge in [0.2, 0.25) is 0 Å². The van der Waals surface area contributed by atoms with Gasteiger partial charge in [-0.15, -0.1) is 0 Å². The number of carbonyl (C=O) groups is 1. The number of aromatic carboxylic acids is 1. The van der Waals surface area contributed by atoms with E-state index in [1.807, 2.05) is 18.2 Å². The third-order valence-corrected chi connectivity index (χ3v) is 5.23. The lowest BCUT2D eigenvalue weighted by Gasteiger charge is -2.06. The zero-order valence-corrected chi connectivity index (χ0v) is 14.2. The Bertz CT molecular complexity index is 686. The Morgan fingerprint density at radius 3 is 2.50 bits per heavy atom. The first kappa shape index (κ1) is 15.4. The van der Waals surface area contributed by atoms with Gasteiger partial charge in [-0.05, 0) is 35.9 Å². The van der Waals surface area contributed by atoms with Gasteiger partial charge in [-0.25, -0.2) is 4.79 Å². The third kappa shape index (κ3) is 3.77. The number of carboxylic acid groups (broad SMARTS) is 1. The number of hydrogen-bond acceptors (Lipinski definition) is 2. The summed E-state index contributed by atoms with van der Waals surface area (Å²) in [7, 11) is -1.18. The maximum Gasteiger partial charge on any atom is 0.335 e. The van der Waals surface area contributed by atoms with Gasteiger partial charge in [-0.3, -0.25) is 4.21 Å². The molecule has 0 spiro atoms. The minimum atomic E-state index is -1.18. The van der Waals surface area contributed by atoms with E-state index in [0.717, 1.165) is 14.9 Å². The number of halogens is 2. The summed E-state index contributed by atoms with van der Waals surface area (Å²) >= 11 is 6.67. The molecule has 2 aromatic carbocycles. The van der Waals surface area contributed by atoms with Crippen LogP contribution in [0.1, 0.15) is 15.9 Å². The molecule has 0 fully saturated rings. The van der Waals surface area contributed by atoms with E-state index in [4.69, 9.17) is 5.11 Å². The average molecular weight is 418 g/mol. The molecule has 1 unspecified atom stereocenters. The minimum absolute atomic E-state index is 0.203. The van der Waals surface area contributed by atoms with E-state index in [9.17, 15) is 9.00 Å². The van der Waals surface area contributed by atoms with Gasteiger partial charge < -0.3 is 5.11 Å². The first-order chi connectivity index (χ1) is 9.47. The quantitative estimate of drug-likeness (QED) is 0.810. The molecule has 2 rings (SSSR count). The summed E-state index contributed by atoms with van der Waals surface area (Å²) < 4.78 is 13.8. The molecule has 0 amide bonds. The van der Waals surface area contributed by atoms with Crippen molar-refractivity contribution in [2.24, 2.45) is 0 Å². The molecule has 20 heavy (non-hydrogen) atoms. The van der Waals surface area contributed by atoms with Crippen LogP contribution in [0.5, 0.6) is 0 Å². The van der Waals surface area contributed by atoms with Crippen LogP contribution in [0.3, 0.4) is 0 Å². The number of carboxylic acids is 1. The highest BCUT2D eigenvalue weighted by Gasteiger charge is 2.11. The van der Waals surface area contributed by atoms with E-state index in [1.165, 1.54) is 12.1 Å². The molecule has 1 atom stereocenters. The topological polar surface area (TPSA) is 54.4 Å². The van der Waals surface area contributed by atoms with Crippen LogP contribution in [0, 0.1) is 0 Å². The molecule has 0 aliphatic rings. The number of rotatable bonds is 4. The van der Waals surface area contributed by atoms with Crippen LogP contribution >= 0.6 is 31.9 Å². The molecule has 0 aliphatic heterocycles. The van der Waals surface area contributed by atoms with Crippen LogP contribution in [-0.2, 0) is 16.6 Å². The molecule has 0 radical (unpaired) electrons. The standard InChI is InChI=1S/C14H10Br2O3S/c15-11-2-1-3-12(7-11)20(19)8-10-5-4-9(14(17)18)6-13(10)16/h1-7H,8H2,(H,17,18). The van der Waals surface area contributed by atoms with Crippen molar-refractivity contribution in [2.75, 3.05) is 0 Å². The maximum absolute atomic E-state index is 12.3. The first-order valence-electron chi connectivity index (χ1n) is 5.63. The molecule has 0 saturated carbocycles. The minimum Gasteiger partial charge on any atom is -0.478 e. The van der Waals surface area contributed by atoms with Crippen LogP contribution in [0.4, 0.5) is 0 Å². The smallest absolute Gasteiger partial charge is 0.335 e. The Morgan fingerprint density at radius 1 is 1.15 bits per heavy atom. The lowest BCUT2D eigenvalue weighted by Crippen LogP contribution is -2.00. The largest absolute Gasteiger partial charge is 0.478 e. The van der Waals surface area contributed by atoms with Crippen LogP contribution in [-0.4, -0.2) is 15.3 Å². The zero-order chi connectivity index (χ0) is 14.7. The highest BCUT2D eigenvalue weighted by atomic mass is 79.9. The van der Waals surface area contributed by atoms with E-state index in [-0.39, 0.29) is 5.56 Å². The van der Waals surface area contributed by atoms with Crippen molar-refractivity contribution >= 4 is 48.6 Å². The van der Waals surface area contributed by atoms with E-state index < -0.39 is 16.8 Å². The lowest BCUT2D eigenvalue weighted by atomic mass is 10.1. The second-order valence-electron chi connectivity index (χ2n) is 4.06. The third-order valence-electron chi connectivity index (χ3n) is 2.65. The highest BCUT2D eigenvalue weighted by Crippen LogP contribution is 2.23. The van der Waals surface area contributed by atoms with Gasteiger partial charge in [0, 0.05) is 13.8 Å². The van der Waals surface area contributed by atoms with Gasteiger partial charge in [0.1, 0.15) is 0 Å². The van der Waals surface area contributed by atoms with Gasteiger partial charge in [-0.2, -0.15) is 0 Å². The fourth-order valence-corrected chi connectivity index (χ4v) is 4.08. The molecule has 3 nitrogen and oxygen atoms in total. The summed E-state index contributed by atoms with van der Waals surface area (Å²) in [5, 5.41) is 8.90. The summed E-state index contributed by atoms with van der Waals surface area (Å²) in [6, 6.07) is 12.0. The second-order valence-corrected chi connectivity index (χ2v) is 7.28. The molecule has 104 valence electrons. The molecule has 0 aliphatic carbocycles. The first-order valence-corrected chi connectivity index (χ1v) is 8.53. The molecular weight excluding hydrogens is 408 g/mol. The van der Waals surface area contributed by atoms with E-state index >= 15 is 0 Å². The van der Waals surface area contributed by atoms with Crippen molar-refractivity contribution in [3.63, 3.8) is 0 Å². The Labute approximate surface area is 135 Å². The van der Waals surface area contributed by atoms with Crippen molar-refractivity contribution in [1.82, 2.24) is 0 Å². The summed E-state index contributed by atoms with van der Waals surface area (Å²) in [6.07, 6.45) is 0. The lowest BCUT2D eigenvalue weighted by molar-refractivity contribution is 0.0697. The van der Waals surface area contributed by atoms with Gasteiger partial charge in [0.05, 0.1) is 22.1 Å². The van der Waals surface area contributed by atoms with E-state index in [2.05, 4.69) is 31.9 Å². The highest BCUT2D eigenvalue weighted by molar-refractivity contribution is 9.10. The van der Waals surface area contributed by atoms with Crippen molar-refractivity contribution < 1.29 is 14.1 Å². The Hall–Kier alpha value is -0.980. The van der Waals surface area contributed by atoms with E-state index in [1.54, 1.807) is 12.1 Å². The fraction of sp³-hybridized carbons (Fsp3) is 0.0714. The second kappa shape index (κ2) is 6.65. The Balaban J connectivity index is 2.22. The number of hydrogen-bond donors (Lipinski definition) is 1. The van der Waals surface area contributed by atoms with Gasteiger partial charge in [-0.1, -0.05) is 44.0 Å². The molecule has 0 bridgehead atoms. The molecule has 0 saturated heterocycles. The number of benzene rings is 2. The van der Waals surface area contributed by atoms with Crippen molar-refractivity contribution in [2.45, 2.75) is 10.6 Å². The summed E-state index contributed by atoms with van der Waals surface area (Å²) in [6.45, 7) is 0. The molecule has 0 heterocycles. The SMILES string of the molecule is O=C(O)c1ccc(CS(=O)c2cccc(Br)c2)c(Br)c1. The molecule has 0 aromatic heterocycles. The van der Waals surface area contributed by atoms with Gasteiger partial charge in [0.15, 0.2) is 0 Å². The summed E-state index contributed by atoms with van der Waals surface area (Å²) in [5.41, 5.74) is 1.02.